The number of esters is 2. The lowest BCUT2D eigenvalue weighted by Gasteiger charge is -2.20. The lowest BCUT2D eigenvalue weighted by molar-refractivity contribution is -0.170. The molecule has 0 heterocycles. The molecule has 5 nitrogen and oxygen atoms in total. The van der Waals surface area contributed by atoms with Crippen LogP contribution in [0.5, 0.6) is 0 Å². The van der Waals surface area contributed by atoms with Gasteiger partial charge in [0.25, 0.3) is 6.29 Å². The van der Waals surface area contributed by atoms with Crippen LogP contribution >= 0.6 is 0 Å². The number of methoxy groups -OCH3 is 1. The van der Waals surface area contributed by atoms with Crippen LogP contribution in [-0.4, -0.2) is 19.0 Å². The average Bonchev–Trinajstić information content (AvgIpc) is 3.12. The number of aryl methyl sites for hydroxylation is 8. The molecule has 0 aliphatic heterocycles. The molecule has 0 spiro atoms. The van der Waals surface area contributed by atoms with Gasteiger partial charge in [0.05, 0.1) is 12.9 Å². The number of benzene rings is 4. The molecule has 0 aliphatic carbocycles. The quantitative estimate of drug-likeness (QED) is 0.0875. The van der Waals surface area contributed by atoms with E-state index in [1.807, 2.05) is 18.2 Å². The Balaban J connectivity index is 0.000000700. The highest BCUT2D eigenvalue weighted by Crippen LogP contribution is 2.24. The van der Waals surface area contributed by atoms with Crippen molar-refractivity contribution in [1.29, 1.82) is 0 Å². The number of rotatable bonds is 11. The molecule has 290 valence electrons. The maximum atomic E-state index is 11.1. The molecule has 4 rings (SSSR count). The Labute approximate surface area is 322 Å². The van der Waals surface area contributed by atoms with E-state index in [9.17, 15) is 9.59 Å². The van der Waals surface area contributed by atoms with Crippen molar-refractivity contribution in [1.82, 2.24) is 0 Å². The monoisotopic (exact) mass is 725 g/mol. The molecule has 0 bridgehead atoms. The fourth-order valence-electron chi connectivity index (χ4n) is 5.64. The van der Waals surface area contributed by atoms with Gasteiger partial charge in [-0.1, -0.05) is 114 Å². The highest BCUT2D eigenvalue weighted by atomic mass is 16.7. The van der Waals surface area contributed by atoms with E-state index in [-0.39, 0.29) is 19.4 Å². The molecule has 4 aromatic rings. The van der Waals surface area contributed by atoms with Gasteiger partial charge in [-0.05, 0) is 135 Å². The minimum Gasteiger partial charge on any atom is -0.469 e. The normalized spacial score (nSPS) is 10.3. The third-order valence-electron chi connectivity index (χ3n) is 9.11. The molecule has 1 atom stereocenters. The highest BCUT2D eigenvalue weighted by Gasteiger charge is 2.17. The molecule has 0 saturated carbocycles. The van der Waals surface area contributed by atoms with Crippen LogP contribution in [0.1, 0.15) is 123 Å². The van der Waals surface area contributed by atoms with Crippen molar-refractivity contribution in [2.24, 2.45) is 0 Å². The average molecular weight is 725 g/mol. The van der Waals surface area contributed by atoms with Crippen LogP contribution in [0.3, 0.4) is 0 Å². The van der Waals surface area contributed by atoms with Crippen molar-refractivity contribution in [3.8, 4) is 0 Å². The Morgan fingerprint density at radius 1 is 0.604 bits per heavy atom. The van der Waals surface area contributed by atoms with Gasteiger partial charge in [0.1, 0.15) is 0 Å². The predicted molar refractivity (Wildman–Crippen MR) is 224 cm³/mol. The van der Waals surface area contributed by atoms with Crippen molar-refractivity contribution in [3.05, 3.63) is 152 Å². The zero-order valence-electron chi connectivity index (χ0n) is 34.1. The van der Waals surface area contributed by atoms with E-state index >= 15 is 0 Å². The summed E-state index contributed by atoms with van der Waals surface area (Å²) in [5.41, 5.74) is 14.4. The van der Waals surface area contributed by atoms with E-state index in [4.69, 9.17) is 9.47 Å². The van der Waals surface area contributed by atoms with Gasteiger partial charge in [-0.15, -0.1) is 0 Å². The Kier molecular flexibility index (Phi) is 23.9. The van der Waals surface area contributed by atoms with E-state index in [1.54, 1.807) is 6.92 Å². The first kappa shape index (κ1) is 48.4. The van der Waals surface area contributed by atoms with Crippen LogP contribution in [-0.2, 0) is 55.9 Å². The summed E-state index contributed by atoms with van der Waals surface area (Å²) in [6, 6.07) is 27.2. The predicted octanol–water partition coefficient (Wildman–Crippen LogP) is 12.4. The summed E-state index contributed by atoms with van der Waals surface area (Å²) in [7, 11) is 1.43. The molecule has 0 N–H and O–H groups in total. The van der Waals surface area contributed by atoms with E-state index in [2.05, 4.69) is 134 Å². The fourth-order valence-corrected chi connectivity index (χ4v) is 5.64. The van der Waals surface area contributed by atoms with Gasteiger partial charge in [0.2, 0.25) is 0 Å². The molecule has 0 saturated heterocycles. The second kappa shape index (κ2) is 26.2. The number of ether oxygens (including phenoxy) is 3. The van der Waals surface area contributed by atoms with Crippen molar-refractivity contribution in [2.45, 2.75) is 128 Å². The largest absolute Gasteiger partial charge is 0.469 e. The van der Waals surface area contributed by atoms with E-state index in [0.29, 0.717) is 12.2 Å². The minimum absolute atomic E-state index is 0. The number of allylic oxidation sites excluding steroid dienone is 1. The second-order valence-corrected chi connectivity index (χ2v) is 12.9. The van der Waals surface area contributed by atoms with Crippen molar-refractivity contribution >= 4 is 11.9 Å². The maximum Gasteiger partial charge on any atom is 0.305 e. The Morgan fingerprint density at radius 3 is 1.58 bits per heavy atom. The van der Waals surface area contributed by atoms with Gasteiger partial charge < -0.3 is 14.2 Å². The van der Waals surface area contributed by atoms with Crippen LogP contribution in [0.25, 0.3) is 0 Å². The zero-order valence-corrected chi connectivity index (χ0v) is 34.1. The van der Waals surface area contributed by atoms with Gasteiger partial charge in [0.15, 0.2) is 0 Å². The summed E-state index contributed by atoms with van der Waals surface area (Å²) in [5.74, 6) is -0.00366. The van der Waals surface area contributed by atoms with Gasteiger partial charge in [-0.25, -0.2) is 0 Å². The molecule has 4 aromatic carbocycles. The summed E-state index contributed by atoms with van der Waals surface area (Å²) in [6.45, 7) is 26.1. The molecular formula is C48H68O5. The number of carbonyl (C=O) groups is 2. The standard InChI is InChI=1S/C15H20O3.C13H18O2.C10H14.C9H12.CH4/c1-6-13-9-14(8-7-11(13)4)15(17-10(2)3)18-12(5)16;1-4-11-6-5-7-12(10(11)2)8-9-13(14)15-3;1-4-10-7-5-6-8(2)9(10)3;1-3-9-7-5-4-6-8(9)2;/h7-9,15H,2,6H2,1,3-5H3;5-7H,4,8-9H2,1-3H3;5-7H,4H2,1-3H3;4-7H,3H2,1-2H3;1H4. The number of hydrogen-bond donors (Lipinski definition) is 0. The van der Waals surface area contributed by atoms with Crippen LogP contribution in [0, 0.1) is 34.6 Å². The summed E-state index contributed by atoms with van der Waals surface area (Å²) < 4.78 is 15.2. The number of hydrogen-bond acceptors (Lipinski definition) is 5. The first-order valence-corrected chi connectivity index (χ1v) is 18.5. The minimum atomic E-state index is -0.717. The molecule has 1 unspecified atom stereocenters. The number of carbonyl (C=O) groups excluding carboxylic acids is 2. The van der Waals surface area contributed by atoms with Crippen molar-refractivity contribution < 1.29 is 23.8 Å². The molecule has 0 radical (unpaired) electrons. The molecular weight excluding hydrogens is 657 g/mol. The van der Waals surface area contributed by atoms with Crippen molar-refractivity contribution in [2.75, 3.05) is 7.11 Å². The molecule has 0 amide bonds. The van der Waals surface area contributed by atoms with Crippen LogP contribution in [0.4, 0.5) is 0 Å². The third kappa shape index (κ3) is 17.6. The van der Waals surface area contributed by atoms with E-state index < -0.39 is 6.29 Å². The van der Waals surface area contributed by atoms with Gasteiger partial charge in [-0.3, -0.25) is 9.59 Å². The maximum absolute atomic E-state index is 11.1. The summed E-state index contributed by atoms with van der Waals surface area (Å²) in [5, 5.41) is 0. The molecule has 0 fully saturated rings. The first-order valence-electron chi connectivity index (χ1n) is 18.5. The summed E-state index contributed by atoms with van der Waals surface area (Å²) >= 11 is 0. The summed E-state index contributed by atoms with van der Waals surface area (Å²) in [4.78, 5) is 22.1. The molecule has 53 heavy (non-hydrogen) atoms. The first-order chi connectivity index (χ1) is 24.7. The van der Waals surface area contributed by atoms with Gasteiger partial charge >= 0.3 is 11.9 Å². The zero-order chi connectivity index (χ0) is 39.2. The van der Waals surface area contributed by atoms with Crippen LogP contribution in [0.2, 0.25) is 0 Å². The van der Waals surface area contributed by atoms with E-state index in [1.165, 1.54) is 69.7 Å². The lowest BCUT2D eigenvalue weighted by Crippen LogP contribution is -2.12. The van der Waals surface area contributed by atoms with Gasteiger partial charge in [0, 0.05) is 18.9 Å². The Morgan fingerprint density at radius 2 is 1.09 bits per heavy atom. The second-order valence-electron chi connectivity index (χ2n) is 12.9. The summed E-state index contributed by atoms with van der Waals surface area (Å²) in [6.07, 6.45) is 4.78. The smallest absolute Gasteiger partial charge is 0.305 e. The Hall–Kier alpha value is -4.64. The molecule has 0 aromatic heterocycles. The van der Waals surface area contributed by atoms with Crippen LogP contribution in [0.15, 0.2) is 91.2 Å². The SMILES string of the molecule is C.C=C(C)OC(OC(C)=O)c1ccc(C)c(CC)c1.CCc1cccc(C)c1C.CCc1cccc(CCC(=O)OC)c1C.CCc1ccccc1C. The van der Waals surface area contributed by atoms with Crippen LogP contribution < -0.4 is 0 Å². The fraction of sp³-hybridized carbons (Fsp3) is 0.417. The molecule has 0 aliphatic rings. The van der Waals surface area contributed by atoms with E-state index in [0.717, 1.165) is 37.7 Å². The lowest BCUT2D eigenvalue weighted by atomic mass is 9.97. The third-order valence-corrected chi connectivity index (χ3v) is 9.11. The highest BCUT2D eigenvalue weighted by molar-refractivity contribution is 5.69. The molecule has 5 heteroatoms. The van der Waals surface area contributed by atoms with Gasteiger partial charge in [-0.2, -0.15) is 0 Å². The Bertz CT molecular complexity index is 1680. The topological polar surface area (TPSA) is 61.8 Å². The van der Waals surface area contributed by atoms with Crippen molar-refractivity contribution in [3.63, 3.8) is 0 Å².